The summed E-state index contributed by atoms with van der Waals surface area (Å²) < 4.78 is 0. The number of hydrogen-bond acceptors (Lipinski definition) is 3. The molecule has 1 aliphatic heterocycles. The van der Waals surface area contributed by atoms with E-state index in [0.29, 0.717) is 12.5 Å². The molecule has 1 heterocycles. The Morgan fingerprint density at radius 3 is 2.24 bits per heavy atom. The van der Waals surface area contributed by atoms with Crippen LogP contribution in [-0.2, 0) is 9.59 Å². The summed E-state index contributed by atoms with van der Waals surface area (Å²) in [7, 11) is 0. The van der Waals surface area contributed by atoms with Gasteiger partial charge in [-0.15, -0.1) is 0 Å². The lowest BCUT2D eigenvalue weighted by Gasteiger charge is -2.20. The van der Waals surface area contributed by atoms with Gasteiger partial charge in [0.2, 0.25) is 11.8 Å². The van der Waals surface area contributed by atoms with Gasteiger partial charge in [0.1, 0.15) is 0 Å². The van der Waals surface area contributed by atoms with Crippen molar-refractivity contribution in [1.29, 1.82) is 0 Å². The van der Waals surface area contributed by atoms with Crippen molar-refractivity contribution in [2.75, 3.05) is 19.6 Å². The zero-order chi connectivity index (χ0) is 13.0. The average Bonchev–Trinajstić information content (AvgIpc) is 2.47. The van der Waals surface area contributed by atoms with Gasteiger partial charge < -0.3 is 5.32 Å². The molecule has 98 valence electrons. The number of carbonyl (C=O) groups excluding carboxylic acids is 2. The van der Waals surface area contributed by atoms with Crippen molar-refractivity contribution in [1.82, 2.24) is 10.2 Å². The lowest BCUT2D eigenvalue weighted by molar-refractivity contribution is -0.140. The Balaban J connectivity index is 2.45. The first-order valence-corrected chi connectivity index (χ1v) is 6.55. The summed E-state index contributed by atoms with van der Waals surface area (Å²) >= 11 is 0. The first kappa shape index (κ1) is 14.2. The van der Waals surface area contributed by atoms with Crippen LogP contribution in [-0.4, -0.2) is 36.3 Å². The van der Waals surface area contributed by atoms with Crippen LogP contribution in [0.2, 0.25) is 0 Å². The number of nitrogens with one attached hydrogen (secondary N) is 1. The standard InChI is InChI=1S/C13H24N2O2/c1-5-6-14-7-9(2)8-15-12(16)10(3)11(4)13(15)17/h9-11,14H,5-8H2,1-4H3. The number of imide groups is 1. The second kappa shape index (κ2) is 6.15. The van der Waals surface area contributed by atoms with E-state index >= 15 is 0 Å². The third-order valence-electron chi connectivity index (χ3n) is 3.47. The maximum atomic E-state index is 11.9. The molecule has 0 spiro atoms. The molecular weight excluding hydrogens is 216 g/mol. The van der Waals surface area contributed by atoms with Crippen LogP contribution in [0.4, 0.5) is 0 Å². The third-order valence-corrected chi connectivity index (χ3v) is 3.47. The number of likely N-dealkylation sites (tertiary alicyclic amines) is 1. The first-order chi connectivity index (χ1) is 7.99. The van der Waals surface area contributed by atoms with E-state index in [4.69, 9.17) is 0 Å². The number of nitrogens with zero attached hydrogens (tertiary/aromatic N) is 1. The Bertz CT molecular complexity index is 271. The van der Waals surface area contributed by atoms with Gasteiger partial charge in [0.05, 0.1) is 0 Å². The Kier molecular flexibility index (Phi) is 5.12. The summed E-state index contributed by atoms with van der Waals surface area (Å²) in [5.74, 6) is -0.0155. The Hall–Kier alpha value is -0.900. The van der Waals surface area contributed by atoms with E-state index in [1.807, 2.05) is 13.8 Å². The van der Waals surface area contributed by atoms with E-state index in [2.05, 4.69) is 19.2 Å². The van der Waals surface area contributed by atoms with Gasteiger partial charge in [-0.2, -0.15) is 0 Å². The van der Waals surface area contributed by atoms with E-state index in [-0.39, 0.29) is 23.7 Å². The molecular formula is C13H24N2O2. The minimum Gasteiger partial charge on any atom is -0.316 e. The van der Waals surface area contributed by atoms with Gasteiger partial charge in [-0.3, -0.25) is 14.5 Å². The fourth-order valence-corrected chi connectivity index (χ4v) is 2.11. The molecule has 0 aromatic rings. The van der Waals surface area contributed by atoms with E-state index in [1.54, 1.807) is 0 Å². The van der Waals surface area contributed by atoms with Crippen LogP contribution in [0.3, 0.4) is 0 Å². The predicted molar refractivity (Wildman–Crippen MR) is 67.4 cm³/mol. The molecule has 1 fully saturated rings. The highest BCUT2D eigenvalue weighted by atomic mass is 16.2. The second-order valence-corrected chi connectivity index (χ2v) is 5.17. The van der Waals surface area contributed by atoms with Gasteiger partial charge in [0, 0.05) is 18.4 Å². The summed E-state index contributed by atoms with van der Waals surface area (Å²) in [6.45, 7) is 10.2. The summed E-state index contributed by atoms with van der Waals surface area (Å²) in [6.07, 6.45) is 1.10. The molecule has 3 atom stereocenters. The predicted octanol–water partition coefficient (Wildman–Crippen LogP) is 1.26. The lowest BCUT2D eigenvalue weighted by atomic mass is 10.00. The zero-order valence-corrected chi connectivity index (χ0v) is 11.3. The molecule has 4 heteroatoms. The highest BCUT2D eigenvalue weighted by Crippen LogP contribution is 2.25. The van der Waals surface area contributed by atoms with Crippen LogP contribution in [0.5, 0.6) is 0 Å². The van der Waals surface area contributed by atoms with Gasteiger partial charge in [0.15, 0.2) is 0 Å². The number of hydrogen-bond donors (Lipinski definition) is 1. The topological polar surface area (TPSA) is 49.4 Å². The Morgan fingerprint density at radius 2 is 1.76 bits per heavy atom. The van der Waals surface area contributed by atoms with Crippen LogP contribution >= 0.6 is 0 Å². The molecule has 17 heavy (non-hydrogen) atoms. The van der Waals surface area contributed by atoms with Crippen LogP contribution in [0.1, 0.15) is 34.1 Å². The van der Waals surface area contributed by atoms with Crippen LogP contribution in [0.15, 0.2) is 0 Å². The van der Waals surface area contributed by atoms with Crippen LogP contribution in [0, 0.1) is 17.8 Å². The maximum absolute atomic E-state index is 11.9. The van der Waals surface area contributed by atoms with Gasteiger partial charge in [-0.1, -0.05) is 27.7 Å². The average molecular weight is 240 g/mol. The molecule has 3 unspecified atom stereocenters. The summed E-state index contributed by atoms with van der Waals surface area (Å²) in [5.41, 5.74) is 0. The van der Waals surface area contributed by atoms with E-state index < -0.39 is 0 Å². The lowest BCUT2D eigenvalue weighted by Crippen LogP contribution is -2.37. The Labute approximate surface area is 104 Å². The fraction of sp³-hybridized carbons (Fsp3) is 0.846. The SMILES string of the molecule is CCCNCC(C)CN1C(=O)C(C)C(C)C1=O. The monoisotopic (exact) mass is 240 g/mol. The second-order valence-electron chi connectivity index (χ2n) is 5.17. The fourth-order valence-electron chi connectivity index (χ4n) is 2.11. The van der Waals surface area contributed by atoms with Crippen molar-refractivity contribution in [3.63, 3.8) is 0 Å². The van der Waals surface area contributed by atoms with Crippen molar-refractivity contribution in [2.24, 2.45) is 17.8 Å². The molecule has 0 aliphatic carbocycles. The molecule has 0 radical (unpaired) electrons. The molecule has 1 rings (SSSR count). The van der Waals surface area contributed by atoms with Crippen molar-refractivity contribution < 1.29 is 9.59 Å². The summed E-state index contributed by atoms with van der Waals surface area (Å²) in [6, 6.07) is 0. The minimum atomic E-state index is -0.154. The highest BCUT2D eigenvalue weighted by Gasteiger charge is 2.42. The zero-order valence-electron chi connectivity index (χ0n) is 11.3. The van der Waals surface area contributed by atoms with Crippen molar-refractivity contribution in [3.8, 4) is 0 Å². The third kappa shape index (κ3) is 3.28. The smallest absolute Gasteiger partial charge is 0.232 e. The van der Waals surface area contributed by atoms with Crippen molar-refractivity contribution >= 4 is 11.8 Å². The molecule has 0 saturated carbocycles. The van der Waals surface area contributed by atoms with Crippen LogP contribution in [0.25, 0.3) is 0 Å². The van der Waals surface area contributed by atoms with Crippen molar-refractivity contribution in [2.45, 2.75) is 34.1 Å². The molecule has 1 N–H and O–H groups in total. The molecule has 0 aromatic carbocycles. The minimum absolute atomic E-state index is 0.00941. The normalized spacial score (nSPS) is 26.7. The van der Waals surface area contributed by atoms with E-state index in [9.17, 15) is 9.59 Å². The van der Waals surface area contributed by atoms with Gasteiger partial charge in [0.25, 0.3) is 0 Å². The van der Waals surface area contributed by atoms with Gasteiger partial charge >= 0.3 is 0 Å². The summed E-state index contributed by atoms with van der Waals surface area (Å²) in [5, 5.41) is 3.31. The number of rotatable bonds is 6. The first-order valence-electron chi connectivity index (χ1n) is 6.55. The molecule has 1 aliphatic rings. The largest absolute Gasteiger partial charge is 0.316 e. The molecule has 2 amide bonds. The maximum Gasteiger partial charge on any atom is 0.232 e. The highest BCUT2D eigenvalue weighted by molar-refractivity contribution is 6.04. The number of amides is 2. The van der Waals surface area contributed by atoms with Gasteiger partial charge in [-0.25, -0.2) is 0 Å². The van der Waals surface area contributed by atoms with Crippen molar-refractivity contribution in [3.05, 3.63) is 0 Å². The Morgan fingerprint density at radius 1 is 1.24 bits per heavy atom. The molecule has 1 saturated heterocycles. The summed E-state index contributed by atoms with van der Waals surface area (Å²) in [4.78, 5) is 25.2. The molecule has 0 bridgehead atoms. The molecule has 4 nitrogen and oxygen atoms in total. The van der Waals surface area contributed by atoms with E-state index in [1.165, 1.54) is 4.90 Å². The van der Waals surface area contributed by atoms with E-state index in [0.717, 1.165) is 19.5 Å². The van der Waals surface area contributed by atoms with Crippen LogP contribution < -0.4 is 5.32 Å². The van der Waals surface area contributed by atoms with Gasteiger partial charge in [-0.05, 0) is 25.4 Å². The quantitative estimate of drug-likeness (QED) is 0.562. The molecule has 0 aromatic heterocycles. The number of carbonyl (C=O) groups is 2.